The predicted octanol–water partition coefficient (Wildman–Crippen LogP) is 0.390. The van der Waals surface area contributed by atoms with Crippen molar-refractivity contribution in [2.24, 2.45) is 0 Å². The van der Waals surface area contributed by atoms with E-state index in [4.69, 9.17) is 5.26 Å². The first-order valence-electron chi connectivity index (χ1n) is 5.97. The number of carbonyl (C=O) groups excluding carboxylic acids is 1. The molecule has 1 atom stereocenters. The van der Waals surface area contributed by atoms with E-state index in [0.29, 0.717) is 0 Å². The van der Waals surface area contributed by atoms with E-state index >= 15 is 0 Å². The van der Waals surface area contributed by atoms with Crippen molar-refractivity contribution in [2.45, 2.75) is 25.3 Å². The molecular weight excluding hydrogens is 204 g/mol. The van der Waals surface area contributed by atoms with E-state index in [9.17, 15) is 4.79 Å². The second-order valence-electron chi connectivity index (χ2n) is 4.40. The molecule has 16 heavy (non-hydrogen) atoms. The van der Waals surface area contributed by atoms with Crippen LogP contribution in [0.4, 0.5) is 4.79 Å². The van der Waals surface area contributed by atoms with Gasteiger partial charge in [0.1, 0.15) is 0 Å². The largest absolute Gasteiger partial charge is 0.336 e. The zero-order valence-electron chi connectivity index (χ0n) is 9.48. The van der Waals surface area contributed by atoms with Crippen LogP contribution < -0.4 is 5.32 Å². The predicted molar refractivity (Wildman–Crippen MR) is 59.8 cm³/mol. The van der Waals surface area contributed by atoms with Gasteiger partial charge in [-0.05, 0) is 25.8 Å². The first kappa shape index (κ1) is 11.2. The Hall–Kier alpha value is -1.28. The lowest BCUT2D eigenvalue weighted by molar-refractivity contribution is 0.162. The lowest BCUT2D eigenvalue weighted by atomic mass is 10.0. The molecule has 2 aliphatic heterocycles. The van der Waals surface area contributed by atoms with Gasteiger partial charge >= 0.3 is 6.03 Å². The van der Waals surface area contributed by atoms with Crippen molar-refractivity contribution in [1.29, 1.82) is 5.26 Å². The Kier molecular flexibility index (Phi) is 3.62. The number of amides is 2. The molecule has 0 spiro atoms. The van der Waals surface area contributed by atoms with Crippen LogP contribution in [-0.4, -0.2) is 54.6 Å². The molecule has 0 aliphatic carbocycles. The van der Waals surface area contributed by atoms with Crippen molar-refractivity contribution in [2.75, 3.05) is 32.7 Å². The molecule has 5 heteroatoms. The highest BCUT2D eigenvalue weighted by Crippen LogP contribution is 2.16. The van der Waals surface area contributed by atoms with Crippen molar-refractivity contribution >= 4 is 6.03 Å². The van der Waals surface area contributed by atoms with Gasteiger partial charge in [-0.1, -0.05) is 0 Å². The molecule has 1 N–H and O–H groups in total. The number of nitrogens with one attached hydrogen (secondary N) is 1. The normalized spacial score (nSPS) is 26.6. The lowest BCUT2D eigenvalue weighted by Gasteiger charge is -2.32. The lowest BCUT2D eigenvalue weighted by Crippen LogP contribution is -2.43. The summed E-state index contributed by atoms with van der Waals surface area (Å²) in [6.45, 7) is 4.10. The van der Waals surface area contributed by atoms with Gasteiger partial charge in [-0.2, -0.15) is 5.26 Å². The summed E-state index contributed by atoms with van der Waals surface area (Å²) in [5.74, 6) is 0. The molecule has 2 saturated heterocycles. The molecule has 2 heterocycles. The first-order chi connectivity index (χ1) is 7.81. The molecule has 2 aliphatic rings. The molecule has 0 saturated carbocycles. The van der Waals surface area contributed by atoms with Crippen LogP contribution in [0.5, 0.6) is 0 Å². The van der Waals surface area contributed by atoms with E-state index in [2.05, 4.69) is 16.3 Å². The average molecular weight is 222 g/mol. The fourth-order valence-electron chi connectivity index (χ4n) is 2.38. The molecule has 0 aromatic rings. The van der Waals surface area contributed by atoms with Crippen molar-refractivity contribution in [1.82, 2.24) is 15.1 Å². The Labute approximate surface area is 96.0 Å². The highest BCUT2D eigenvalue weighted by atomic mass is 16.2. The van der Waals surface area contributed by atoms with E-state index < -0.39 is 0 Å². The number of urea groups is 1. The van der Waals surface area contributed by atoms with Crippen LogP contribution in [0.15, 0.2) is 0 Å². The maximum Gasteiger partial charge on any atom is 0.317 e. The van der Waals surface area contributed by atoms with Gasteiger partial charge in [-0.25, -0.2) is 4.79 Å². The Bertz CT molecular complexity index is 299. The molecule has 0 radical (unpaired) electrons. The summed E-state index contributed by atoms with van der Waals surface area (Å²) in [5, 5.41) is 11.8. The molecule has 0 aromatic carbocycles. The highest BCUT2D eigenvalue weighted by molar-refractivity contribution is 5.76. The van der Waals surface area contributed by atoms with E-state index in [1.54, 1.807) is 0 Å². The van der Waals surface area contributed by atoms with Gasteiger partial charge in [0.05, 0.1) is 12.1 Å². The second kappa shape index (κ2) is 5.17. The third kappa shape index (κ3) is 2.45. The number of hydrogen-bond donors (Lipinski definition) is 1. The Morgan fingerprint density at radius 1 is 1.38 bits per heavy atom. The van der Waals surface area contributed by atoms with Crippen molar-refractivity contribution in [3.63, 3.8) is 0 Å². The van der Waals surface area contributed by atoms with Crippen LogP contribution in [0.25, 0.3) is 0 Å². The van der Waals surface area contributed by atoms with E-state index in [1.807, 2.05) is 4.90 Å². The number of piperidine rings is 1. The number of rotatable bonds is 3. The molecule has 88 valence electrons. The van der Waals surface area contributed by atoms with E-state index in [-0.39, 0.29) is 12.1 Å². The van der Waals surface area contributed by atoms with Gasteiger partial charge < -0.3 is 10.2 Å². The number of hydrogen-bond acceptors (Lipinski definition) is 3. The topological polar surface area (TPSA) is 59.4 Å². The Balaban J connectivity index is 1.80. The second-order valence-corrected chi connectivity index (χ2v) is 4.40. The number of nitrogens with zero attached hydrogens (tertiary/aromatic N) is 3. The fraction of sp³-hybridized carbons (Fsp3) is 0.818. The van der Waals surface area contributed by atoms with Crippen LogP contribution in [0.1, 0.15) is 19.3 Å². The Morgan fingerprint density at radius 2 is 2.25 bits per heavy atom. The molecule has 0 bridgehead atoms. The summed E-state index contributed by atoms with van der Waals surface area (Å²) in [4.78, 5) is 15.4. The maximum absolute atomic E-state index is 11.3. The van der Waals surface area contributed by atoms with Gasteiger partial charge in [0.15, 0.2) is 0 Å². The van der Waals surface area contributed by atoms with Crippen LogP contribution >= 0.6 is 0 Å². The van der Waals surface area contributed by atoms with Crippen LogP contribution in [0.2, 0.25) is 0 Å². The molecule has 2 rings (SSSR count). The van der Waals surface area contributed by atoms with Crippen LogP contribution in [0, 0.1) is 11.3 Å². The summed E-state index contributed by atoms with van der Waals surface area (Å²) in [6.07, 6.45) is 3.30. The average Bonchev–Trinajstić information content (AvgIpc) is 2.72. The molecule has 0 aromatic heterocycles. The van der Waals surface area contributed by atoms with Crippen molar-refractivity contribution in [3.05, 3.63) is 0 Å². The third-order valence-electron chi connectivity index (χ3n) is 3.36. The zero-order chi connectivity index (χ0) is 11.4. The summed E-state index contributed by atoms with van der Waals surface area (Å²) in [5.41, 5.74) is 0. The summed E-state index contributed by atoms with van der Waals surface area (Å²) < 4.78 is 0. The summed E-state index contributed by atoms with van der Waals surface area (Å²) in [7, 11) is 0. The fourth-order valence-corrected chi connectivity index (χ4v) is 2.38. The van der Waals surface area contributed by atoms with Crippen LogP contribution in [-0.2, 0) is 0 Å². The standard InChI is InChI=1S/C11H18N4O/c12-9-10-3-1-2-5-14(10)7-8-15-6-4-13-11(15)16/h10H,1-8H2,(H,13,16). The van der Waals surface area contributed by atoms with Crippen LogP contribution in [0.3, 0.4) is 0 Å². The van der Waals surface area contributed by atoms with Gasteiger partial charge in [-0.3, -0.25) is 4.90 Å². The summed E-state index contributed by atoms with van der Waals surface area (Å²) >= 11 is 0. The molecule has 2 amide bonds. The SMILES string of the molecule is N#CC1CCCCN1CCN1CCNC1=O. The molecule has 1 unspecified atom stereocenters. The number of carbonyl (C=O) groups is 1. The first-order valence-corrected chi connectivity index (χ1v) is 5.97. The minimum Gasteiger partial charge on any atom is -0.336 e. The van der Waals surface area contributed by atoms with Gasteiger partial charge in [0.25, 0.3) is 0 Å². The molecular formula is C11H18N4O. The number of likely N-dealkylation sites (tertiary alicyclic amines) is 1. The molecule has 5 nitrogen and oxygen atoms in total. The quantitative estimate of drug-likeness (QED) is 0.751. The third-order valence-corrected chi connectivity index (χ3v) is 3.36. The highest BCUT2D eigenvalue weighted by Gasteiger charge is 2.24. The van der Waals surface area contributed by atoms with E-state index in [0.717, 1.165) is 45.6 Å². The van der Waals surface area contributed by atoms with Crippen molar-refractivity contribution < 1.29 is 4.79 Å². The maximum atomic E-state index is 11.3. The van der Waals surface area contributed by atoms with Gasteiger partial charge in [0.2, 0.25) is 0 Å². The smallest absolute Gasteiger partial charge is 0.317 e. The van der Waals surface area contributed by atoms with Crippen molar-refractivity contribution in [3.8, 4) is 6.07 Å². The van der Waals surface area contributed by atoms with E-state index in [1.165, 1.54) is 6.42 Å². The number of nitriles is 1. The van der Waals surface area contributed by atoms with Gasteiger partial charge in [-0.15, -0.1) is 0 Å². The Morgan fingerprint density at radius 3 is 2.94 bits per heavy atom. The minimum atomic E-state index is 0.0329. The van der Waals surface area contributed by atoms with Gasteiger partial charge in [0, 0.05) is 26.2 Å². The zero-order valence-corrected chi connectivity index (χ0v) is 9.48. The minimum absolute atomic E-state index is 0.0329. The monoisotopic (exact) mass is 222 g/mol. The molecule has 2 fully saturated rings. The summed E-state index contributed by atoms with van der Waals surface area (Å²) in [6, 6.07) is 2.44.